The van der Waals surface area contributed by atoms with Crippen LogP contribution in [0.5, 0.6) is 0 Å². The Balaban J connectivity index is 1.70. The van der Waals surface area contributed by atoms with Crippen molar-refractivity contribution >= 4 is 23.7 Å². The van der Waals surface area contributed by atoms with Gasteiger partial charge in [-0.25, -0.2) is 9.38 Å². The summed E-state index contributed by atoms with van der Waals surface area (Å²) in [5.41, 5.74) is 13.7. The lowest BCUT2D eigenvalue weighted by Crippen LogP contribution is -2.39. The Kier molecular flexibility index (Phi) is 13.3. The van der Waals surface area contributed by atoms with Gasteiger partial charge in [0.05, 0.1) is 31.6 Å². The third-order valence-corrected chi connectivity index (χ3v) is 8.31. The number of hydrogen-bond donors (Lipinski definition) is 3. The maximum absolute atomic E-state index is 15.6. The molecule has 0 aromatic heterocycles. The van der Waals surface area contributed by atoms with Gasteiger partial charge < -0.3 is 26.0 Å². The summed E-state index contributed by atoms with van der Waals surface area (Å²) in [5, 5.41) is 11.1. The molecule has 5 N–H and O–H groups in total. The summed E-state index contributed by atoms with van der Waals surface area (Å²) in [6, 6.07) is -0.433. The molecule has 6 atom stereocenters. The number of nitrogens with zero attached hydrogens (tertiary/aromatic N) is 3. The third-order valence-electron chi connectivity index (χ3n) is 7.91. The number of halogens is 2. The quantitative estimate of drug-likeness (QED) is 0.229. The highest BCUT2D eigenvalue weighted by atomic mass is 35.5. The van der Waals surface area contributed by atoms with Gasteiger partial charge in [0, 0.05) is 49.3 Å². The monoisotopic (exact) mass is 589 g/mol. The predicted octanol–water partition coefficient (Wildman–Crippen LogP) is 4.39. The molecule has 0 aromatic rings. The van der Waals surface area contributed by atoms with Gasteiger partial charge in [0.25, 0.3) is 0 Å². The highest BCUT2D eigenvalue weighted by molar-refractivity contribution is 6.30. The molecule has 3 rings (SSSR count). The summed E-state index contributed by atoms with van der Waals surface area (Å²) in [6.45, 7) is 10.1. The summed E-state index contributed by atoms with van der Waals surface area (Å²) >= 11 is 6.58. The maximum Gasteiger partial charge on any atom is 0.183 e. The van der Waals surface area contributed by atoms with Crippen LogP contribution >= 0.6 is 11.6 Å². The molecule has 0 aromatic carbocycles. The fraction of sp³-hybridized carbons (Fsp3) is 0.548. The first-order chi connectivity index (χ1) is 19.7. The molecule has 8 nitrogen and oxygen atoms in total. The summed E-state index contributed by atoms with van der Waals surface area (Å²) in [6.07, 6.45) is 14.4. The number of allylic oxidation sites excluding steroid dienone is 7. The van der Waals surface area contributed by atoms with Gasteiger partial charge in [-0.3, -0.25) is 9.89 Å². The highest BCUT2D eigenvalue weighted by Crippen LogP contribution is 2.43. The van der Waals surface area contributed by atoms with E-state index in [1.165, 1.54) is 19.5 Å². The van der Waals surface area contributed by atoms with E-state index in [-0.39, 0.29) is 24.1 Å². The van der Waals surface area contributed by atoms with Gasteiger partial charge in [0.1, 0.15) is 12.5 Å². The van der Waals surface area contributed by atoms with Gasteiger partial charge >= 0.3 is 0 Å². The molecule has 3 aliphatic rings. The third kappa shape index (κ3) is 9.95. The van der Waals surface area contributed by atoms with Crippen molar-refractivity contribution in [2.45, 2.75) is 50.9 Å². The molecule has 0 saturated carbocycles. The summed E-state index contributed by atoms with van der Waals surface area (Å²) in [7, 11) is 1.47. The zero-order valence-corrected chi connectivity index (χ0v) is 24.9. The summed E-state index contributed by atoms with van der Waals surface area (Å²) < 4.78 is 26.0. The molecule has 0 amide bonds. The molecule has 1 fully saturated rings. The lowest BCUT2D eigenvalue weighted by Gasteiger charge is -2.39. The van der Waals surface area contributed by atoms with E-state index in [0.29, 0.717) is 29.3 Å². The van der Waals surface area contributed by atoms with Crippen LogP contribution in [0.4, 0.5) is 4.39 Å². The standard InChI is InChI=1S/C31H45ClFN5O3/c1-4-28-22(7-5-12-38-13-6-15-41-16-14-38)17-29(37-20-36-28)31-21(2)25(26(32)19-27(31)33)10-9-24(39)18-23(34)8-11-30(35)40-3/h4-5,7-8,11,17,19-21,24-25,27,29,31,39H,1,6,9-10,12-16,18,34-35H2,2-3H3/b7-5-,23-8-,30-11+/t21?,24?,25-,27?,29?,31?/m0/s1. The topological polar surface area (TPSA) is 119 Å². The summed E-state index contributed by atoms with van der Waals surface area (Å²) in [4.78, 5) is 11.5. The van der Waals surface area contributed by atoms with Gasteiger partial charge in [-0.15, -0.1) is 0 Å². The van der Waals surface area contributed by atoms with E-state index in [1.54, 1.807) is 18.2 Å². The van der Waals surface area contributed by atoms with Crippen molar-refractivity contribution in [2.24, 2.45) is 39.2 Å². The van der Waals surface area contributed by atoms with Crippen molar-refractivity contribution in [3.8, 4) is 0 Å². The van der Waals surface area contributed by atoms with Crippen LogP contribution in [0.1, 0.15) is 32.6 Å². The molecular formula is C31H45ClFN5O3. The van der Waals surface area contributed by atoms with Gasteiger partial charge in [-0.05, 0) is 61.0 Å². The van der Waals surface area contributed by atoms with Crippen LogP contribution in [0.2, 0.25) is 0 Å². The minimum atomic E-state index is -1.26. The van der Waals surface area contributed by atoms with Crippen molar-refractivity contribution in [1.29, 1.82) is 0 Å². The molecule has 226 valence electrons. The van der Waals surface area contributed by atoms with E-state index in [0.717, 1.165) is 44.8 Å². The lowest BCUT2D eigenvalue weighted by atomic mass is 9.70. The number of aliphatic imine (C=N–C) groups is 2. The molecule has 41 heavy (non-hydrogen) atoms. The second kappa shape index (κ2) is 16.7. The first-order valence-corrected chi connectivity index (χ1v) is 14.7. The SMILES string of the molecule is C=CC1=NC=NC(C2C(F)C=C(Cl)[C@@H](CCC(O)C/C(N)=C/C=C(\N)OC)C2C)C=C1/C=C\CN1CCCOCC1. The Morgan fingerprint density at radius 2 is 2.12 bits per heavy atom. The molecule has 2 heterocycles. The number of aliphatic hydroxyl groups excluding tert-OH is 1. The van der Waals surface area contributed by atoms with Gasteiger partial charge in [0.15, 0.2) is 5.88 Å². The van der Waals surface area contributed by atoms with Crippen molar-refractivity contribution in [2.75, 3.05) is 40.0 Å². The molecule has 1 saturated heterocycles. The van der Waals surface area contributed by atoms with Crippen molar-refractivity contribution < 1.29 is 19.0 Å². The van der Waals surface area contributed by atoms with Crippen LogP contribution in [0.15, 0.2) is 81.3 Å². The number of methoxy groups -OCH3 is 1. The van der Waals surface area contributed by atoms with Crippen molar-refractivity contribution in [1.82, 2.24) is 4.90 Å². The largest absolute Gasteiger partial charge is 0.483 e. The molecule has 1 aliphatic carbocycles. The van der Waals surface area contributed by atoms with E-state index in [2.05, 4.69) is 27.5 Å². The average Bonchev–Trinajstić information content (AvgIpc) is 3.32. The Hall–Kier alpha value is -2.72. The average molecular weight is 590 g/mol. The van der Waals surface area contributed by atoms with Crippen LogP contribution in [0.3, 0.4) is 0 Å². The number of alkyl halides is 1. The zero-order valence-electron chi connectivity index (χ0n) is 24.2. The molecule has 0 spiro atoms. The number of ether oxygens (including phenoxy) is 2. The van der Waals surface area contributed by atoms with E-state index in [1.807, 2.05) is 19.1 Å². The zero-order chi connectivity index (χ0) is 29.8. The highest BCUT2D eigenvalue weighted by Gasteiger charge is 2.41. The van der Waals surface area contributed by atoms with E-state index in [9.17, 15) is 5.11 Å². The Bertz CT molecular complexity index is 1090. The Labute approximate surface area is 248 Å². The smallest absolute Gasteiger partial charge is 0.183 e. The van der Waals surface area contributed by atoms with E-state index < -0.39 is 24.2 Å². The fourth-order valence-corrected chi connectivity index (χ4v) is 5.99. The van der Waals surface area contributed by atoms with Crippen LogP contribution in [0.25, 0.3) is 0 Å². The fourth-order valence-electron chi connectivity index (χ4n) is 5.56. The van der Waals surface area contributed by atoms with E-state index >= 15 is 4.39 Å². The molecule has 0 bridgehead atoms. The van der Waals surface area contributed by atoms with E-state index in [4.69, 9.17) is 32.5 Å². The Morgan fingerprint density at radius 1 is 1.32 bits per heavy atom. The first-order valence-electron chi connectivity index (χ1n) is 14.3. The number of nitrogens with two attached hydrogens (primary N) is 2. The van der Waals surface area contributed by atoms with Gasteiger partial charge in [-0.1, -0.05) is 43.3 Å². The second-order valence-electron chi connectivity index (χ2n) is 10.8. The molecule has 5 unspecified atom stereocenters. The van der Waals surface area contributed by atoms with Crippen molar-refractivity contribution in [3.63, 3.8) is 0 Å². The lowest BCUT2D eigenvalue weighted by molar-refractivity contribution is 0.120. The van der Waals surface area contributed by atoms with Gasteiger partial charge in [-0.2, -0.15) is 0 Å². The predicted molar refractivity (Wildman–Crippen MR) is 165 cm³/mol. The minimum Gasteiger partial charge on any atom is -0.483 e. The second-order valence-corrected chi connectivity index (χ2v) is 11.2. The van der Waals surface area contributed by atoms with Crippen molar-refractivity contribution in [3.05, 3.63) is 71.3 Å². The molecule has 10 heteroatoms. The van der Waals surface area contributed by atoms with Crippen LogP contribution in [0, 0.1) is 17.8 Å². The first kappa shape index (κ1) is 32.8. The van der Waals surface area contributed by atoms with Crippen LogP contribution in [-0.2, 0) is 9.47 Å². The minimum absolute atomic E-state index is 0.117. The summed E-state index contributed by atoms with van der Waals surface area (Å²) in [5.74, 6) is -0.450. The molecular weight excluding hydrogens is 545 g/mol. The van der Waals surface area contributed by atoms with Crippen LogP contribution in [-0.4, -0.2) is 80.3 Å². The van der Waals surface area contributed by atoms with Gasteiger partial charge in [0.2, 0.25) is 0 Å². The normalized spacial score (nSPS) is 29.3. The number of rotatable bonds is 12. The van der Waals surface area contributed by atoms with Crippen LogP contribution < -0.4 is 11.5 Å². The molecule has 2 aliphatic heterocycles. The molecule has 0 radical (unpaired) electrons. The number of hydrogen-bond acceptors (Lipinski definition) is 8. The number of aliphatic hydroxyl groups is 1. The maximum atomic E-state index is 15.6. The Morgan fingerprint density at radius 3 is 2.88 bits per heavy atom.